The van der Waals surface area contributed by atoms with E-state index in [-0.39, 0.29) is 25.1 Å². The lowest BCUT2D eigenvalue weighted by Gasteiger charge is -2.20. The standard InChI is InChI=1S/C24H28INO6/c1-17(2)21(26-24(29)31-15-19-7-4-3-5-8-19)23(28)30-14-6-9-18-10-12-20(13-11-18)22(27)32-16-25/h3-5,7-8,10-13,17,21H,6,9,14-16H2,1-2H3,(H,26,29)/t21-/m0/s1. The fourth-order valence-corrected chi connectivity index (χ4v) is 3.15. The number of hydrogen-bond donors (Lipinski definition) is 1. The molecule has 2 aromatic rings. The van der Waals surface area contributed by atoms with Crippen LogP contribution in [0.25, 0.3) is 0 Å². The van der Waals surface area contributed by atoms with E-state index >= 15 is 0 Å². The molecule has 7 nitrogen and oxygen atoms in total. The highest BCUT2D eigenvalue weighted by molar-refractivity contribution is 14.1. The molecule has 0 saturated heterocycles. The van der Waals surface area contributed by atoms with Gasteiger partial charge in [-0.2, -0.15) is 0 Å². The van der Waals surface area contributed by atoms with Crippen molar-refractivity contribution >= 4 is 40.6 Å². The molecule has 0 aliphatic rings. The summed E-state index contributed by atoms with van der Waals surface area (Å²) >= 11 is 1.97. The van der Waals surface area contributed by atoms with Gasteiger partial charge in [-0.25, -0.2) is 14.4 Å². The molecular weight excluding hydrogens is 525 g/mol. The Hall–Kier alpha value is -2.62. The van der Waals surface area contributed by atoms with Gasteiger partial charge in [0.2, 0.25) is 0 Å². The van der Waals surface area contributed by atoms with Gasteiger partial charge < -0.3 is 19.5 Å². The molecule has 172 valence electrons. The average molecular weight is 553 g/mol. The van der Waals surface area contributed by atoms with Gasteiger partial charge >= 0.3 is 18.0 Å². The molecule has 8 heteroatoms. The number of rotatable bonds is 11. The fourth-order valence-electron chi connectivity index (χ4n) is 2.87. The third kappa shape index (κ3) is 8.86. The maximum absolute atomic E-state index is 12.4. The van der Waals surface area contributed by atoms with E-state index in [1.807, 2.05) is 78.9 Å². The first-order chi connectivity index (χ1) is 15.4. The Labute approximate surface area is 202 Å². The van der Waals surface area contributed by atoms with Crippen LogP contribution in [0.2, 0.25) is 0 Å². The van der Waals surface area contributed by atoms with E-state index in [2.05, 4.69) is 5.32 Å². The molecular formula is C24H28INO6. The van der Waals surface area contributed by atoms with Crippen molar-refractivity contribution in [2.45, 2.75) is 39.3 Å². The van der Waals surface area contributed by atoms with E-state index < -0.39 is 18.1 Å². The molecule has 32 heavy (non-hydrogen) atoms. The Morgan fingerprint density at radius 3 is 2.22 bits per heavy atom. The fraction of sp³-hybridized carbons (Fsp3) is 0.375. The van der Waals surface area contributed by atoms with Gasteiger partial charge in [-0.15, -0.1) is 0 Å². The number of halogens is 1. The number of hydrogen-bond acceptors (Lipinski definition) is 6. The van der Waals surface area contributed by atoms with E-state index in [0.717, 1.165) is 11.1 Å². The second-order valence-electron chi connectivity index (χ2n) is 7.44. The molecule has 0 unspecified atom stereocenters. The molecule has 0 spiro atoms. The number of esters is 2. The largest absolute Gasteiger partial charge is 0.464 e. The highest BCUT2D eigenvalue weighted by Gasteiger charge is 2.26. The van der Waals surface area contributed by atoms with Gasteiger partial charge in [0.05, 0.1) is 12.2 Å². The van der Waals surface area contributed by atoms with Crippen LogP contribution in [-0.2, 0) is 32.0 Å². The Morgan fingerprint density at radius 2 is 1.59 bits per heavy atom. The Balaban J connectivity index is 1.74. The highest BCUT2D eigenvalue weighted by Crippen LogP contribution is 2.10. The lowest BCUT2D eigenvalue weighted by Crippen LogP contribution is -2.45. The van der Waals surface area contributed by atoms with Gasteiger partial charge in [-0.3, -0.25) is 0 Å². The summed E-state index contributed by atoms with van der Waals surface area (Å²) in [7, 11) is 0. The second kappa shape index (κ2) is 13.7. The van der Waals surface area contributed by atoms with Crippen molar-refractivity contribution < 1.29 is 28.6 Å². The molecule has 1 N–H and O–H groups in total. The molecule has 2 aromatic carbocycles. The first-order valence-electron chi connectivity index (χ1n) is 10.4. The molecule has 0 saturated carbocycles. The molecule has 0 fully saturated rings. The molecule has 1 amide bonds. The van der Waals surface area contributed by atoms with Crippen LogP contribution in [0.15, 0.2) is 54.6 Å². The summed E-state index contributed by atoms with van der Waals surface area (Å²) < 4.78 is 15.8. The van der Waals surface area contributed by atoms with Gasteiger partial charge in [0.15, 0.2) is 0 Å². The summed E-state index contributed by atoms with van der Waals surface area (Å²) in [6.45, 7) is 4.00. The van der Waals surface area contributed by atoms with Crippen molar-refractivity contribution in [1.29, 1.82) is 0 Å². The predicted octanol–water partition coefficient (Wildman–Crippen LogP) is 4.66. The van der Waals surface area contributed by atoms with Crippen LogP contribution >= 0.6 is 22.6 Å². The molecule has 0 aliphatic heterocycles. The van der Waals surface area contributed by atoms with Crippen molar-refractivity contribution in [2.24, 2.45) is 5.92 Å². The Morgan fingerprint density at radius 1 is 0.906 bits per heavy atom. The molecule has 1 atom stereocenters. The summed E-state index contributed by atoms with van der Waals surface area (Å²) in [5, 5.41) is 2.59. The van der Waals surface area contributed by atoms with Crippen LogP contribution in [-0.4, -0.2) is 35.3 Å². The van der Waals surface area contributed by atoms with Crippen LogP contribution < -0.4 is 5.32 Å². The summed E-state index contributed by atoms with van der Waals surface area (Å²) in [6, 6.07) is 15.7. The van der Waals surface area contributed by atoms with Crippen molar-refractivity contribution in [3.8, 4) is 0 Å². The summed E-state index contributed by atoms with van der Waals surface area (Å²) in [5.41, 5.74) is 2.39. The van der Waals surface area contributed by atoms with Crippen LogP contribution in [0.3, 0.4) is 0 Å². The molecule has 0 aliphatic carbocycles. The van der Waals surface area contributed by atoms with Crippen LogP contribution in [0.5, 0.6) is 0 Å². The number of benzene rings is 2. The van der Waals surface area contributed by atoms with E-state index in [1.54, 1.807) is 12.1 Å². The normalized spacial score (nSPS) is 11.5. The van der Waals surface area contributed by atoms with E-state index in [9.17, 15) is 14.4 Å². The van der Waals surface area contributed by atoms with E-state index in [4.69, 9.17) is 14.2 Å². The van der Waals surface area contributed by atoms with Crippen molar-refractivity contribution in [3.63, 3.8) is 0 Å². The van der Waals surface area contributed by atoms with Crippen LogP contribution in [0, 0.1) is 5.92 Å². The zero-order valence-corrected chi connectivity index (χ0v) is 20.4. The number of alkyl carbamates (subject to hydrolysis) is 1. The Bertz CT molecular complexity index is 870. The van der Waals surface area contributed by atoms with Gasteiger partial charge in [0, 0.05) is 0 Å². The SMILES string of the molecule is CC(C)[C@H](NC(=O)OCc1ccccc1)C(=O)OCCCc1ccc(C(=O)OCI)cc1. The highest BCUT2D eigenvalue weighted by atomic mass is 127. The average Bonchev–Trinajstić information content (AvgIpc) is 2.79. The smallest absolute Gasteiger partial charge is 0.408 e. The number of carbonyl (C=O) groups is 3. The lowest BCUT2D eigenvalue weighted by atomic mass is 10.1. The summed E-state index contributed by atoms with van der Waals surface area (Å²) in [5.74, 6) is -0.996. The number of alkyl halides is 1. The van der Waals surface area contributed by atoms with Crippen molar-refractivity contribution in [3.05, 3.63) is 71.3 Å². The number of amides is 1. The summed E-state index contributed by atoms with van der Waals surface area (Å²) in [4.78, 5) is 36.2. The first-order valence-corrected chi connectivity index (χ1v) is 11.9. The maximum atomic E-state index is 12.4. The van der Waals surface area contributed by atoms with Crippen LogP contribution in [0.4, 0.5) is 4.79 Å². The minimum atomic E-state index is -0.790. The Kier molecular flexibility index (Phi) is 11.0. The summed E-state index contributed by atoms with van der Waals surface area (Å²) in [6.07, 6.45) is 0.644. The maximum Gasteiger partial charge on any atom is 0.408 e. The molecule has 0 bridgehead atoms. The van der Waals surface area contributed by atoms with Crippen molar-refractivity contribution in [2.75, 3.05) is 11.2 Å². The second-order valence-corrected chi connectivity index (χ2v) is 8.06. The topological polar surface area (TPSA) is 90.9 Å². The minimum Gasteiger partial charge on any atom is -0.464 e. The third-order valence-corrected chi connectivity index (χ3v) is 4.95. The molecule has 0 radical (unpaired) electrons. The monoisotopic (exact) mass is 553 g/mol. The number of ether oxygens (including phenoxy) is 3. The van der Waals surface area contributed by atoms with Gasteiger partial charge in [0.25, 0.3) is 0 Å². The first kappa shape index (κ1) is 25.6. The molecule has 0 heterocycles. The number of aryl methyl sites for hydroxylation is 1. The molecule has 2 rings (SSSR count). The zero-order chi connectivity index (χ0) is 23.3. The number of nitrogens with one attached hydrogen (secondary N) is 1. The number of carbonyl (C=O) groups excluding carboxylic acids is 3. The van der Waals surface area contributed by atoms with Gasteiger partial charge in [-0.05, 0) is 64.6 Å². The van der Waals surface area contributed by atoms with Crippen molar-refractivity contribution in [1.82, 2.24) is 5.32 Å². The minimum absolute atomic E-state index is 0.126. The van der Waals surface area contributed by atoms with Crippen LogP contribution in [0.1, 0.15) is 41.8 Å². The predicted molar refractivity (Wildman–Crippen MR) is 128 cm³/mol. The molecule has 0 aromatic heterocycles. The zero-order valence-electron chi connectivity index (χ0n) is 18.2. The quantitative estimate of drug-likeness (QED) is 0.143. The third-order valence-electron chi connectivity index (χ3n) is 4.64. The van der Waals surface area contributed by atoms with E-state index in [1.165, 1.54) is 0 Å². The van der Waals surface area contributed by atoms with E-state index in [0.29, 0.717) is 23.0 Å². The van der Waals surface area contributed by atoms with Gasteiger partial charge in [-0.1, -0.05) is 56.3 Å². The lowest BCUT2D eigenvalue weighted by molar-refractivity contribution is -0.147. The van der Waals surface area contributed by atoms with Gasteiger partial charge in [0.1, 0.15) is 17.3 Å².